The summed E-state index contributed by atoms with van der Waals surface area (Å²) in [6.45, 7) is 9.03. The summed E-state index contributed by atoms with van der Waals surface area (Å²) in [6, 6.07) is 0.0961. The maximum Gasteiger partial charge on any atom is 0.0642 e. The molecule has 0 bridgehead atoms. The number of hydrogen-bond acceptors (Lipinski definition) is 3. The van der Waals surface area contributed by atoms with Crippen molar-refractivity contribution in [1.29, 1.82) is 0 Å². The van der Waals surface area contributed by atoms with Crippen molar-refractivity contribution < 1.29 is 9.84 Å². The molecule has 0 aliphatic rings. The molecule has 3 nitrogen and oxygen atoms in total. The Kier molecular flexibility index (Phi) is 10.3. The predicted octanol–water partition coefficient (Wildman–Crippen LogP) is 1.80. The average Bonchev–Trinajstić information content (AvgIpc) is 2.23. The molecule has 0 aromatic rings. The Labute approximate surface area is 94.2 Å². The third-order valence-corrected chi connectivity index (χ3v) is 2.41. The number of aliphatic hydroxyl groups is 1. The van der Waals surface area contributed by atoms with Crippen molar-refractivity contribution in [3.8, 4) is 0 Å². The zero-order valence-corrected chi connectivity index (χ0v) is 10.5. The van der Waals surface area contributed by atoms with Crippen LogP contribution >= 0.6 is 0 Å². The van der Waals surface area contributed by atoms with Crippen molar-refractivity contribution in [2.45, 2.75) is 46.1 Å². The number of hydrogen-bond donors (Lipinski definition) is 2. The van der Waals surface area contributed by atoms with E-state index in [1.54, 1.807) is 0 Å². The van der Waals surface area contributed by atoms with Crippen LogP contribution in [0.2, 0.25) is 0 Å². The van der Waals surface area contributed by atoms with Gasteiger partial charge < -0.3 is 15.2 Å². The summed E-state index contributed by atoms with van der Waals surface area (Å²) in [6.07, 6.45) is 3.51. The van der Waals surface area contributed by atoms with Crippen molar-refractivity contribution in [2.75, 3.05) is 26.4 Å². The van der Waals surface area contributed by atoms with Crippen LogP contribution in [0.3, 0.4) is 0 Å². The number of nitrogens with one attached hydrogen (secondary N) is 1. The molecule has 2 atom stereocenters. The minimum atomic E-state index is 0.0961. The zero-order chi connectivity index (χ0) is 11.5. The van der Waals surface area contributed by atoms with E-state index < -0.39 is 0 Å². The second-order valence-corrected chi connectivity index (χ2v) is 4.26. The minimum absolute atomic E-state index is 0.0961. The van der Waals surface area contributed by atoms with Gasteiger partial charge >= 0.3 is 0 Å². The standard InChI is InChI=1S/C12H27NO2/c1-4-6-11(3)9-15-10-12(8-14)13-7-5-2/h11-14H,4-10H2,1-3H3. The highest BCUT2D eigenvalue weighted by molar-refractivity contribution is 4.64. The normalized spacial score (nSPS) is 15.2. The van der Waals surface area contributed by atoms with E-state index in [9.17, 15) is 0 Å². The van der Waals surface area contributed by atoms with Crippen LogP contribution in [0.25, 0.3) is 0 Å². The van der Waals surface area contributed by atoms with Crippen LogP contribution in [-0.4, -0.2) is 37.5 Å². The van der Waals surface area contributed by atoms with Gasteiger partial charge in [-0.1, -0.05) is 27.2 Å². The summed E-state index contributed by atoms with van der Waals surface area (Å²) in [5, 5.41) is 12.3. The fourth-order valence-corrected chi connectivity index (χ4v) is 1.51. The Bertz CT molecular complexity index is 131. The van der Waals surface area contributed by atoms with Gasteiger partial charge in [0.25, 0.3) is 0 Å². The van der Waals surface area contributed by atoms with Crippen LogP contribution in [-0.2, 0) is 4.74 Å². The molecule has 2 unspecified atom stereocenters. The molecule has 0 aromatic heterocycles. The van der Waals surface area contributed by atoms with Gasteiger partial charge in [0.05, 0.1) is 19.3 Å². The quantitative estimate of drug-likeness (QED) is 0.586. The van der Waals surface area contributed by atoms with Crippen molar-refractivity contribution in [3.63, 3.8) is 0 Å². The van der Waals surface area contributed by atoms with Gasteiger partial charge in [-0.2, -0.15) is 0 Å². The lowest BCUT2D eigenvalue weighted by Gasteiger charge is -2.17. The molecule has 92 valence electrons. The Morgan fingerprint density at radius 2 is 1.93 bits per heavy atom. The first-order chi connectivity index (χ1) is 7.24. The van der Waals surface area contributed by atoms with Gasteiger partial charge in [0, 0.05) is 6.61 Å². The molecule has 0 aliphatic carbocycles. The van der Waals surface area contributed by atoms with E-state index in [1.807, 2.05) is 0 Å². The van der Waals surface area contributed by atoms with Gasteiger partial charge in [-0.05, 0) is 25.3 Å². The Morgan fingerprint density at radius 1 is 1.20 bits per heavy atom. The van der Waals surface area contributed by atoms with E-state index in [1.165, 1.54) is 12.8 Å². The first-order valence-corrected chi connectivity index (χ1v) is 6.16. The fourth-order valence-electron chi connectivity index (χ4n) is 1.51. The summed E-state index contributed by atoms with van der Waals surface area (Å²) < 4.78 is 5.58. The van der Waals surface area contributed by atoms with E-state index in [4.69, 9.17) is 9.84 Å². The molecule has 0 radical (unpaired) electrons. The summed E-state index contributed by atoms with van der Waals surface area (Å²) in [4.78, 5) is 0. The van der Waals surface area contributed by atoms with Gasteiger partial charge in [-0.25, -0.2) is 0 Å². The topological polar surface area (TPSA) is 41.5 Å². The number of rotatable bonds is 10. The van der Waals surface area contributed by atoms with E-state index in [2.05, 4.69) is 26.1 Å². The molecule has 0 saturated carbocycles. The molecule has 0 amide bonds. The Hall–Kier alpha value is -0.120. The van der Waals surface area contributed by atoms with Crippen molar-refractivity contribution in [1.82, 2.24) is 5.32 Å². The Morgan fingerprint density at radius 3 is 2.47 bits per heavy atom. The molecule has 0 fully saturated rings. The summed E-state index contributed by atoms with van der Waals surface area (Å²) in [5.74, 6) is 0.625. The van der Waals surface area contributed by atoms with E-state index >= 15 is 0 Å². The zero-order valence-electron chi connectivity index (χ0n) is 10.5. The summed E-state index contributed by atoms with van der Waals surface area (Å²) >= 11 is 0. The van der Waals surface area contributed by atoms with Gasteiger partial charge in [-0.15, -0.1) is 0 Å². The first-order valence-electron chi connectivity index (χ1n) is 6.16. The fraction of sp³-hybridized carbons (Fsp3) is 1.00. The monoisotopic (exact) mass is 217 g/mol. The minimum Gasteiger partial charge on any atom is -0.395 e. The van der Waals surface area contributed by atoms with Crippen LogP contribution < -0.4 is 5.32 Å². The maximum absolute atomic E-state index is 9.08. The molecule has 0 rings (SSSR count). The molecule has 0 heterocycles. The second kappa shape index (κ2) is 10.4. The average molecular weight is 217 g/mol. The highest BCUT2D eigenvalue weighted by atomic mass is 16.5. The van der Waals surface area contributed by atoms with E-state index in [-0.39, 0.29) is 12.6 Å². The van der Waals surface area contributed by atoms with E-state index in [0.717, 1.165) is 19.6 Å². The Balaban J connectivity index is 3.44. The number of ether oxygens (including phenoxy) is 1. The van der Waals surface area contributed by atoms with Crippen molar-refractivity contribution >= 4 is 0 Å². The lowest BCUT2D eigenvalue weighted by Crippen LogP contribution is -2.37. The molecule has 0 aromatic carbocycles. The maximum atomic E-state index is 9.08. The second-order valence-electron chi connectivity index (χ2n) is 4.26. The van der Waals surface area contributed by atoms with Crippen LogP contribution in [0.5, 0.6) is 0 Å². The molecule has 3 heteroatoms. The third kappa shape index (κ3) is 8.85. The molecule has 15 heavy (non-hydrogen) atoms. The molecule has 0 saturated heterocycles. The van der Waals surface area contributed by atoms with Gasteiger partial charge in [0.15, 0.2) is 0 Å². The first kappa shape index (κ1) is 14.9. The van der Waals surface area contributed by atoms with E-state index in [0.29, 0.717) is 12.5 Å². The molecule has 0 spiro atoms. The van der Waals surface area contributed by atoms with Crippen LogP contribution in [0.15, 0.2) is 0 Å². The molecular formula is C12H27NO2. The van der Waals surface area contributed by atoms with Gasteiger partial charge in [0.1, 0.15) is 0 Å². The van der Waals surface area contributed by atoms with Crippen LogP contribution in [0.1, 0.15) is 40.0 Å². The smallest absolute Gasteiger partial charge is 0.0642 e. The SMILES string of the molecule is CCCNC(CO)COCC(C)CCC. The number of aliphatic hydroxyl groups excluding tert-OH is 1. The predicted molar refractivity (Wildman–Crippen MR) is 64.1 cm³/mol. The lowest BCUT2D eigenvalue weighted by atomic mass is 10.1. The lowest BCUT2D eigenvalue weighted by molar-refractivity contribution is 0.0670. The van der Waals surface area contributed by atoms with Crippen molar-refractivity contribution in [3.05, 3.63) is 0 Å². The van der Waals surface area contributed by atoms with Gasteiger partial charge in [0.2, 0.25) is 0 Å². The summed E-state index contributed by atoms with van der Waals surface area (Å²) in [7, 11) is 0. The van der Waals surface area contributed by atoms with Gasteiger partial charge in [-0.3, -0.25) is 0 Å². The molecule has 2 N–H and O–H groups in total. The highest BCUT2D eigenvalue weighted by Gasteiger charge is 2.07. The van der Waals surface area contributed by atoms with Crippen LogP contribution in [0.4, 0.5) is 0 Å². The summed E-state index contributed by atoms with van der Waals surface area (Å²) in [5.41, 5.74) is 0. The largest absolute Gasteiger partial charge is 0.395 e. The molecular weight excluding hydrogens is 190 g/mol. The third-order valence-electron chi connectivity index (χ3n) is 2.41. The van der Waals surface area contributed by atoms with Crippen molar-refractivity contribution in [2.24, 2.45) is 5.92 Å². The van der Waals surface area contributed by atoms with Crippen LogP contribution in [0, 0.1) is 5.92 Å². The molecule has 0 aliphatic heterocycles. The highest BCUT2D eigenvalue weighted by Crippen LogP contribution is 2.05.